The highest BCUT2D eigenvalue weighted by Crippen LogP contribution is 2.44. The molecule has 0 aliphatic heterocycles. The summed E-state index contributed by atoms with van der Waals surface area (Å²) in [6, 6.07) is 0. The van der Waals surface area contributed by atoms with Crippen molar-refractivity contribution in [2.75, 3.05) is 6.54 Å². The Hall–Kier alpha value is -0.570. The molecule has 0 heterocycles. The maximum absolute atomic E-state index is 11.8. The second-order valence-electron chi connectivity index (χ2n) is 6.19. The van der Waals surface area contributed by atoms with Crippen molar-refractivity contribution in [2.24, 2.45) is 11.1 Å². The van der Waals surface area contributed by atoms with Crippen molar-refractivity contribution in [2.45, 2.75) is 63.8 Å². The molecule has 3 heteroatoms. The van der Waals surface area contributed by atoms with Crippen LogP contribution in [0.15, 0.2) is 0 Å². The van der Waals surface area contributed by atoms with Gasteiger partial charge in [-0.15, -0.1) is 0 Å². The average Bonchev–Trinajstić information content (AvgIpc) is 2.95. The summed E-state index contributed by atoms with van der Waals surface area (Å²) in [4.78, 5) is 11.8. The molecule has 0 aromatic rings. The molecule has 1 amide bonds. The van der Waals surface area contributed by atoms with Gasteiger partial charge in [-0.25, -0.2) is 0 Å². The van der Waals surface area contributed by atoms with Crippen LogP contribution in [0.5, 0.6) is 0 Å². The van der Waals surface area contributed by atoms with Crippen molar-refractivity contribution in [3.05, 3.63) is 0 Å². The Balaban J connectivity index is 1.72. The fourth-order valence-corrected chi connectivity index (χ4v) is 2.52. The molecular weight excluding hydrogens is 200 g/mol. The molecule has 3 nitrogen and oxygen atoms in total. The van der Waals surface area contributed by atoms with Crippen molar-refractivity contribution in [1.82, 2.24) is 5.32 Å². The Morgan fingerprint density at radius 1 is 1.19 bits per heavy atom. The highest BCUT2D eigenvalue weighted by Gasteiger charge is 2.38. The van der Waals surface area contributed by atoms with Crippen LogP contribution >= 0.6 is 0 Å². The first-order valence-corrected chi connectivity index (χ1v) is 6.57. The molecule has 2 aliphatic carbocycles. The summed E-state index contributed by atoms with van der Waals surface area (Å²) < 4.78 is 0. The third-order valence-corrected chi connectivity index (χ3v) is 4.18. The first kappa shape index (κ1) is 11.9. The number of amides is 1. The molecule has 2 aliphatic rings. The van der Waals surface area contributed by atoms with E-state index in [4.69, 9.17) is 5.73 Å². The molecule has 2 saturated carbocycles. The quantitative estimate of drug-likeness (QED) is 0.767. The predicted octanol–water partition coefficient (Wildman–Crippen LogP) is 1.95. The van der Waals surface area contributed by atoms with Crippen LogP contribution in [0, 0.1) is 5.41 Å². The molecule has 3 N–H and O–H groups in total. The number of nitrogens with two attached hydrogens (primary N) is 1. The Bertz CT molecular complexity index is 265. The monoisotopic (exact) mass is 224 g/mol. The lowest BCUT2D eigenvalue weighted by atomic mass is 9.80. The maximum atomic E-state index is 11.8. The lowest BCUT2D eigenvalue weighted by Crippen LogP contribution is -2.46. The molecule has 0 radical (unpaired) electrons. The zero-order valence-corrected chi connectivity index (χ0v) is 10.3. The molecule has 92 valence electrons. The van der Waals surface area contributed by atoms with Crippen LogP contribution in [-0.4, -0.2) is 18.0 Å². The topological polar surface area (TPSA) is 55.1 Å². The number of carbonyl (C=O) groups excluding carboxylic acids is 1. The first-order chi connectivity index (χ1) is 7.52. The number of hydrogen-bond donors (Lipinski definition) is 2. The van der Waals surface area contributed by atoms with Crippen molar-refractivity contribution in [1.29, 1.82) is 0 Å². The standard InChI is InChI=1S/C13H24N2O/c1-12(7-8-12)10-15-11(16)9-13(14)5-3-2-4-6-13/h2-10,14H2,1H3,(H,15,16). The minimum atomic E-state index is -0.215. The number of hydrogen-bond acceptors (Lipinski definition) is 2. The van der Waals surface area contributed by atoms with Crippen molar-refractivity contribution >= 4 is 5.91 Å². The van der Waals surface area contributed by atoms with Gasteiger partial charge in [0.15, 0.2) is 0 Å². The fourth-order valence-electron chi connectivity index (χ4n) is 2.52. The smallest absolute Gasteiger partial charge is 0.221 e. The Morgan fingerprint density at radius 3 is 2.38 bits per heavy atom. The van der Waals surface area contributed by atoms with Gasteiger partial charge in [-0.05, 0) is 31.1 Å². The van der Waals surface area contributed by atoms with Crippen molar-refractivity contribution < 1.29 is 4.79 Å². The molecule has 2 rings (SSSR count). The van der Waals surface area contributed by atoms with Crippen molar-refractivity contribution in [3.8, 4) is 0 Å². The Morgan fingerprint density at radius 2 is 1.81 bits per heavy atom. The highest BCUT2D eigenvalue weighted by atomic mass is 16.1. The summed E-state index contributed by atoms with van der Waals surface area (Å²) in [6.45, 7) is 3.06. The van der Waals surface area contributed by atoms with Gasteiger partial charge in [0.1, 0.15) is 0 Å². The fraction of sp³-hybridized carbons (Fsp3) is 0.923. The van der Waals surface area contributed by atoms with E-state index in [9.17, 15) is 4.79 Å². The minimum absolute atomic E-state index is 0.150. The Labute approximate surface area is 98.2 Å². The molecule has 0 bridgehead atoms. The van der Waals surface area contributed by atoms with E-state index < -0.39 is 0 Å². The number of carbonyl (C=O) groups is 1. The average molecular weight is 224 g/mol. The van der Waals surface area contributed by atoms with Gasteiger partial charge in [0.2, 0.25) is 5.91 Å². The zero-order valence-electron chi connectivity index (χ0n) is 10.3. The van der Waals surface area contributed by atoms with Gasteiger partial charge in [0, 0.05) is 18.5 Å². The zero-order chi connectivity index (χ0) is 11.6. The van der Waals surface area contributed by atoms with Crippen LogP contribution in [0.1, 0.15) is 58.3 Å². The third kappa shape index (κ3) is 3.21. The van der Waals surface area contributed by atoms with Crippen LogP contribution in [0.2, 0.25) is 0 Å². The molecule has 0 spiro atoms. The summed E-state index contributed by atoms with van der Waals surface area (Å²) in [5, 5.41) is 3.04. The minimum Gasteiger partial charge on any atom is -0.355 e. The Kier molecular flexibility index (Phi) is 3.24. The third-order valence-electron chi connectivity index (χ3n) is 4.18. The van der Waals surface area contributed by atoms with E-state index in [1.54, 1.807) is 0 Å². The summed E-state index contributed by atoms with van der Waals surface area (Å²) in [6.07, 6.45) is 8.68. The molecule has 2 fully saturated rings. The summed E-state index contributed by atoms with van der Waals surface area (Å²) in [5.74, 6) is 0.150. The normalized spacial score (nSPS) is 26.1. The molecule has 0 atom stereocenters. The van der Waals surface area contributed by atoms with Gasteiger partial charge in [-0.1, -0.05) is 26.2 Å². The van der Waals surface area contributed by atoms with E-state index in [2.05, 4.69) is 12.2 Å². The highest BCUT2D eigenvalue weighted by molar-refractivity contribution is 5.77. The number of rotatable bonds is 4. The van der Waals surface area contributed by atoms with Gasteiger partial charge in [0.25, 0.3) is 0 Å². The molecule has 0 unspecified atom stereocenters. The summed E-state index contributed by atoms with van der Waals surface area (Å²) in [7, 11) is 0. The van der Waals surface area contributed by atoms with E-state index >= 15 is 0 Å². The SMILES string of the molecule is CC1(CNC(=O)CC2(N)CCCCC2)CC1. The van der Waals surface area contributed by atoms with Crippen LogP contribution < -0.4 is 11.1 Å². The molecule has 0 aromatic heterocycles. The van der Waals surface area contributed by atoms with E-state index in [0.717, 1.165) is 19.4 Å². The van der Waals surface area contributed by atoms with E-state index in [1.807, 2.05) is 0 Å². The van der Waals surface area contributed by atoms with Gasteiger partial charge < -0.3 is 11.1 Å². The number of nitrogens with one attached hydrogen (secondary N) is 1. The maximum Gasteiger partial charge on any atom is 0.221 e. The first-order valence-electron chi connectivity index (χ1n) is 6.57. The van der Waals surface area contributed by atoms with Gasteiger partial charge in [-0.3, -0.25) is 4.79 Å². The van der Waals surface area contributed by atoms with E-state index in [1.165, 1.54) is 32.1 Å². The largest absolute Gasteiger partial charge is 0.355 e. The van der Waals surface area contributed by atoms with Gasteiger partial charge in [0.05, 0.1) is 0 Å². The van der Waals surface area contributed by atoms with Crippen LogP contribution in [0.4, 0.5) is 0 Å². The van der Waals surface area contributed by atoms with E-state index in [0.29, 0.717) is 11.8 Å². The summed E-state index contributed by atoms with van der Waals surface area (Å²) >= 11 is 0. The lowest BCUT2D eigenvalue weighted by molar-refractivity contribution is -0.122. The van der Waals surface area contributed by atoms with Gasteiger partial charge >= 0.3 is 0 Å². The second-order valence-corrected chi connectivity index (χ2v) is 6.19. The molecule has 0 aromatic carbocycles. The lowest BCUT2D eigenvalue weighted by Gasteiger charge is -2.32. The van der Waals surface area contributed by atoms with Crippen LogP contribution in [0.3, 0.4) is 0 Å². The van der Waals surface area contributed by atoms with Gasteiger partial charge in [-0.2, -0.15) is 0 Å². The van der Waals surface area contributed by atoms with Crippen LogP contribution in [-0.2, 0) is 4.79 Å². The van der Waals surface area contributed by atoms with E-state index in [-0.39, 0.29) is 11.4 Å². The molecule has 0 saturated heterocycles. The molecule has 16 heavy (non-hydrogen) atoms. The van der Waals surface area contributed by atoms with Crippen molar-refractivity contribution in [3.63, 3.8) is 0 Å². The molecular formula is C13H24N2O. The predicted molar refractivity (Wildman–Crippen MR) is 65.0 cm³/mol. The van der Waals surface area contributed by atoms with Crippen LogP contribution in [0.25, 0.3) is 0 Å². The summed E-state index contributed by atoms with van der Waals surface area (Å²) in [5.41, 5.74) is 6.43. The second kappa shape index (κ2) is 4.36.